The Balaban J connectivity index is 1.81. The summed E-state index contributed by atoms with van der Waals surface area (Å²) in [5.41, 5.74) is 10.1. The number of hydrogen-bond donors (Lipinski definition) is 2. The fourth-order valence-corrected chi connectivity index (χ4v) is 3.57. The minimum absolute atomic E-state index is 0.262. The molecule has 0 amide bonds. The number of terminal acetylenes is 1. The van der Waals surface area contributed by atoms with Crippen molar-refractivity contribution in [3.8, 4) is 12.3 Å². The number of hydrogen-bond acceptors (Lipinski definition) is 4. The average molecular weight is 360 g/mol. The summed E-state index contributed by atoms with van der Waals surface area (Å²) in [5, 5.41) is 8.96. The summed E-state index contributed by atoms with van der Waals surface area (Å²) in [5.74, 6) is 2.95. The average Bonchev–Trinajstić information content (AvgIpc) is 2.67. The third-order valence-electron chi connectivity index (χ3n) is 5.10. The van der Waals surface area contributed by atoms with Crippen LogP contribution in [0.15, 0.2) is 18.2 Å². The van der Waals surface area contributed by atoms with Gasteiger partial charge in [-0.05, 0) is 61.3 Å². The first-order valence-corrected chi connectivity index (χ1v) is 9.84. The molecule has 1 aliphatic carbocycles. The van der Waals surface area contributed by atoms with Gasteiger partial charge >= 0.3 is 0 Å². The van der Waals surface area contributed by atoms with Gasteiger partial charge in [0.2, 0.25) is 0 Å². The molecule has 4 heteroatoms. The maximum absolute atomic E-state index is 8.96. The van der Waals surface area contributed by atoms with Gasteiger partial charge in [-0.15, -0.1) is 12.3 Å². The van der Waals surface area contributed by atoms with Gasteiger partial charge in [0.15, 0.2) is 0 Å². The molecule has 0 fully saturated rings. The summed E-state index contributed by atoms with van der Waals surface area (Å²) in [6.45, 7) is 2.77. The van der Waals surface area contributed by atoms with E-state index in [2.05, 4.69) is 24.1 Å². The van der Waals surface area contributed by atoms with Crippen molar-refractivity contribution in [2.24, 2.45) is 5.73 Å². The molecule has 1 aromatic carbocycles. The lowest BCUT2D eigenvalue weighted by Gasteiger charge is -2.26. The van der Waals surface area contributed by atoms with Crippen LogP contribution in [-0.4, -0.2) is 44.2 Å². The zero-order valence-corrected chi connectivity index (χ0v) is 15.8. The topological polar surface area (TPSA) is 64.7 Å². The van der Waals surface area contributed by atoms with Crippen molar-refractivity contribution in [2.45, 2.75) is 57.0 Å². The van der Waals surface area contributed by atoms with Gasteiger partial charge in [-0.1, -0.05) is 24.6 Å². The van der Waals surface area contributed by atoms with Crippen molar-refractivity contribution in [3.05, 3.63) is 34.9 Å². The zero-order valence-electron chi connectivity index (χ0n) is 15.8. The third-order valence-corrected chi connectivity index (χ3v) is 5.10. The lowest BCUT2D eigenvalue weighted by atomic mass is 9.85. The number of aryl methyl sites for hydroxylation is 1. The van der Waals surface area contributed by atoms with Crippen LogP contribution in [-0.2, 0) is 22.3 Å². The largest absolute Gasteiger partial charge is 0.396 e. The van der Waals surface area contributed by atoms with Crippen molar-refractivity contribution in [3.63, 3.8) is 0 Å². The third kappa shape index (κ3) is 6.74. The van der Waals surface area contributed by atoms with E-state index in [0.717, 1.165) is 38.5 Å². The second-order valence-corrected chi connectivity index (χ2v) is 6.98. The number of ether oxygens (including phenoxy) is 2. The van der Waals surface area contributed by atoms with Crippen LogP contribution in [0.2, 0.25) is 0 Å². The highest BCUT2D eigenvalue weighted by atomic mass is 16.5. The fourth-order valence-electron chi connectivity index (χ4n) is 3.57. The molecule has 144 valence electrons. The molecule has 0 aromatic heterocycles. The molecule has 0 heterocycles. The first kappa shape index (κ1) is 20.9. The van der Waals surface area contributed by atoms with Gasteiger partial charge in [0.05, 0.1) is 25.9 Å². The van der Waals surface area contributed by atoms with E-state index in [1.54, 1.807) is 0 Å². The van der Waals surface area contributed by atoms with E-state index < -0.39 is 0 Å². The highest BCUT2D eigenvalue weighted by Gasteiger charge is 2.20. The minimum atomic E-state index is 0.262. The molecule has 26 heavy (non-hydrogen) atoms. The number of rotatable bonds is 12. The molecule has 2 rings (SSSR count). The van der Waals surface area contributed by atoms with Crippen LogP contribution in [0.4, 0.5) is 0 Å². The van der Waals surface area contributed by atoms with E-state index in [1.807, 2.05) is 0 Å². The first-order valence-electron chi connectivity index (χ1n) is 9.84. The van der Waals surface area contributed by atoms with Gasteiger partial charge in [-0.2, -0.15) is 0 Å². The Bertz CT molecular complexity index is 567. The van der Waals surface area contributed by atoms with Crippen LogP contribution in [0, 0.1) is 12.3 Å². The Morgan fingerprint density at radius 2 is 2.12 bits per heavy atom. The second kappa shape index (κ2) is 12.1. The Labute approximate surface area is 158 Å². The van der Waals surface area contributed by atoms with Gasteiger partial charge in [0.1, 0.15) is 0 Å². The molecule has 0 saturated carbocycles. The monoisotopic (exact) mass is 359 g/mol. The molecular weight excluding hydrogens is 326 g/mol. The molecular formula is C22H33NO3. The Morgan fingerprint density at radius 3 is 2.88 bits per heavy atom. The van der Waals surface area contributed by atoms with Crippen molar-refractivity contribution >= 4 is 0 Å². The van der Waals surface area contributed by atoms with Crippen LogP contribution in [0.1, 0.15) is 54.7 Å². The summed E-state index contributed by atoms with van der Waals surface area (Å²) in [6.07, 6.45) is 12.1. The Morgan fingerprint density at radius 1 is 1.23 bits per heavy atom. The standard InChI is InChI=1S/C22H33NO3/c1-2-3-12-25-13-14-26-22-10-9-18-15-19(7-8-20(18)16-22)21(17-23)6-4-5-11-24/h1,7-8,15,21-22,24H,3-6,9-14,16-17,23H2/t21-,22-/m0/s1. The van der Waals surface area contributed by atoms with E-state index in [-0.39, 0.29) is 12.7 Å². The molecule has 1 aliphatic rings. The molecule has 0 bridgehead atoms. The molecule has 0 unspecified atom stereocenters. The summed E-state index contributed by atoms with van der Waals surface area (Å²) in [7, 11) is 0. The normalized spacial score (nSPS) is 17.5. The lowest BCUT2D eigenvalue weighted by molar-refractivity contribution is 0.000647. The molecule has 0 spiro atoms. The lowest BCUT2D eigenvalue weighted by Crippen LogP contribution is -2.24. The second-order valence-electron chi connectivity index (χ2n) is 6.98. The zero-order chi connectivity index (χ0) is 18.6. The van der Waals surface area contributed by atoms with Gasteiger partial charge < -0.3 is 20.3 Å². The van der Waals surface area contributed by atoms with Crippen LogP contribution in [0.3, 0.4) is 0 Å². The highest BCUT2D eigenvalue weighted by molar-refractivity contribution is 5.36. The molecule has 3 N–H and O–H groups in total. The van der Waals surface area contributed by atoms with Crippen molar-refractivity contribution < 1.29 is 14.6 Å². The highest BCUT2D eigenvalue weighted by Crippen LogP contribution is 2.28. The van der Waals surface area contributed by atoms with E-state index in [4.69, 9.17) is 26.7 Å². The van der Waals surface area contributed by atoms with Crippen LogP contribution >= 0.6 is 0 Å². The van der Waals surface area contributed by atoms with Gasteiger partial charge in [0, 0.05) is 13.0 Å². The minimum Gasteiger partial charge on any atom is -0.396 e. The number of aliphatic hydroxyl groups excluding tert-OH is 1. The summed E-state index contributed by atoms with van der Waals surface area (Å²) < 4.78 is 11.4. The number of fused-ring (bicyclic) bond motifs is 1. The van der Waals surface area contributed by atoms with Gasteiger partial charge in [0.25, 0.3) is 0 Å². The van der Waals surface area contributed by atoms with Gasteiger partial charge in [-0.3, -0.25) is 0 Å². The number of nitrogens with two attached hydrogens (primary N) is 1. The Hall–Kier alpha value is -1.38. The molecule has 1 aromatic rings. The number of aliphatic hydroxyl groups is 1. The quantitative estimate of drug-likeness (QED) is 0.445. The van der Waals surface area contributed by atoms with E-state index in [9.17, 15) is 0 Å². The van der Waals surface area contributed by atoms with Crippen molar-refractivity contribution in [1.82, 2.24) is 0 Å². The predicted octanol–water partition coefficient (Wildman–Crippen LogP) is 2.81. The van der Waals surface area contributed by atoms with Crippen LogP contribution < -0.4 is 5.73 Å². The summed E-state index contributed by atoms with van der Waals surface area (Å²) in [6, 6.07) is 6.81. The predicted molar refractivity (Wildman–Crippen MR) is 105 cm³/mol. The Kier molecular flexibility index (Phi) is 9.73. The number of benzene rings is 1. The summed E-state index contributed by atoms with van der Waals surface area (Å²) in [4.78, 5) is 0. The van der Waals surface area contributed by atoms with Gasteiger partial charge in [-0.25, -0.2) is 0 Å². The smallest absolute Gasteiger partial charge is 0.0704 e. The van der Waals surface area contributed by atoms with Crippen molar-refractivity contribution in [2.75, 3.05) is 33.0 Å². The van der Waals surface area contributed by atoms with Crippen LogP contribution in [0.25, 0.3) is 0 Å². The molecule has 0 aliphatic heterocycles. The van der Waals surface area contributed by atoms with E-state index >= 15 is 0 Å². The first-order chi connectivity index (χ1) is 12.8. The molecule has 2 atom stereocenters. The van der Waals surface area contributed by atoms with E-state index in [0.29, 0.717) is 38.7 Å². The maximum atomic E-state index is 8.96. The van der Waals surface area contributed by atoms with Crippen molar-refractivity contribution in [1.29, 1.82) is 0 Å². The number of unbranched alkanes of at least 4 members (excludes halogenated alkanes) is 1. The molecule has 0 saturated heterocycles. The molecule has 4 nitrogen and oxygen atoms in total. The van der Waals surface area contributed by atoms with E-state index in [1.165, 1.54) is 16.7 Å². The fraction of sp³-hybridized carbons (Fsp3) is 0.636. The van der Waals surface area contributed by atoms with Crippen LogP contribution in [0.5, 0.6) is 0 Å². The summed E-state index contributed by atoms with van der Waals surface area (Å²) >= 11 is 0. The maximum Gasteiger partial charge on any atom is 0.0704 e. The molecule has 0 radical (unpaired) electrons. The SMILES string of the molecule is C#CCCOCCO[C@H]1CCc2cc([C@H](CN)CCCCO)ccc2C1.